The van der Waals surface area contributed by atoms with Crippen molar-refractivity contribution in [3.8, 4) is 0 Å². The number of sulfone groups is 1. The van der Waals surface area contributed by atoms with E-state index in [0.717, 1.165) is 12.0 Å². The summed E-state index contributed by atoms with van der Waals surface area (Å²) in [6.07, 6.45) is 2.14. The predicted octanol–water partition coefficient (Wildman–Crippen LogP) is 0.622. The molecule has 0 saturated carbocycles. The number of hydrogen-bond donors (Lipinski definition) is 3. The van der Waals surface area contributed by atoms with Crippen LogP contribution in [0.25, 0.3) is 0 Å². The number of aryl methyl sites for hydroxylation is 1. The Morgan fingerprint density at radius 3 is 2.60 bits per heavy atom. The minimum absolute atomic E-state index is 0.290. The van der Waals surface area contributed by atoms with Crippen LogP contribution in [0, 0.1) is 6.92 Å². The van der Waals surface area contributed by atoms with Crippen LogP contribution in [0.1, 0.15) is 31.2 Å². The fourth-order valence-electron chi connectivity index (χ4n) is 2.33. The minimum atomic E-state index is -2.95. The van der Waals surface area contributed by atoms with E-state index >= 15 is 0 Å². The molecule has 1 unspecified atom stereocenters. The maximum Gasteiger partial charge on any atom is 0.154 e. The lowest BCUT2D eigenvalue weighted by Crippen LogP contribution is -2.26. The standard InChI is InChI=1S/C12H21N5O2S/c1-3-10-15-11(8(2)12(16-10)17-13)14-7-9-5-4-6-20(9,18)19/h9H,3-7,13H2,1-2H3,(H2,14,15,16,17). The predicted molar refractivity (Wildman–Crippen MR) is 79.3 cm³/mol. The quantitative estimate of drug-likeness (QED) is 0.540. The van der Waals surface area contributed by atoms with Gasteiger partial charge in [-0.3, -0.25) is 0 Å². The molecule has 1 aliphatic heterocycles. The molecule has 1 atom stereocenters. The van der Waals surface area contributed by atoms with Gasteiger partial charge < -0.3 is 10.7 Å². The Kier molecular flexibility index (Phi) is 4.44. The van der Waals surface area contributed by atoms with Gasteiger partial charge in [0.15, 0.2) is 9.84 Å². The van der Waals surface area contributed by atoms with Crippen molar-refractivity contribution in [3.63, 3.8) is 0 Å². The maximum atomic E-state index is 11.8. The van der Waals surface area contributed by atoms with E-state index in [2.05, 4.69) is 20.7 Å². The molecule has 112 valence electrons. The molecule has 1 aromatic heterocycles. The molecule has 1 aliphatic rings. The molecule has 7 nitrogen and oxygen atoms in total. The summed E-state index contributed by atoms with van der Waals surface area (Å²) in [6, 6.07) is 0. The van der Waals surface area contributed by atoms with E-state index in [-0.39, 0.29) is 11.0 Å². The summed E-state index contributed by atoms with van der Waals surface area (Å²) in [6.45, 7) is 4.18. The van der Waals surface area contributed by atoms with Gasteiger partial charge in [-0.05, 0) is 19.8 Å². The van der Waals surface area contributed by atoms with Gasteiger partial charge in [0.2, 0.25) is 0 Å². The zero-order valence-electron chi connectivity index (χ0n) is 11.8. The van der Waals surface area contributed by atoms with Crippen molar-refractivity contribution in [1.29, 1.82) is 0 Å². The summed E-state index contributed by atoms with van der Waals surface area (Å²) in [4.78, 5) is 8.67. The van der Waals surface area contributed by atoms with Crippen molar-refractivity contribution in [2.24, 2.45) is 5.84 Å². The number of hydrogen-bond acceptors (Lipinski definition) is 7. The molecular weight excluding hydrogens is 278 g/mol. The molecule has 0 bridgehead atoms. The van der Waals surface area contributed by atoms with Crippen LogP contribution in [0.5, 0.6) is 0 Å². The van der Waals surface area contributed by atoms with Gasteiger partial charge in [0.25, 0.3) is 0 Å². The topological polar surface area (TPSA) is 110 Å². The third-order valence-electron chi connectivity index (χ3n) is 3.61. The van der Waals surface area contributed by atoms with E-state index < -0.39 is 9.84 Å². The molecule has 1 aromatic rings. The smallest absolute Gasteiger partial charge is 0.154 e. The first-order chi connectivity index (χ1) is 9.47. The van der Waals surface area contributed by atoms with Crippen LogP contribution < -0.4 is 16.6 Å². The molecule has 0 aliphatic carbocycles. The molecule has 2 rings (SSSR count). The van der Waals surface area contributed by atoms with Crippen LogP contribution in [0.15, 0.2) is 0 Å². The molecule has 8 heteroatoms. The summed E-state index contributed by atoms with van der Waals surface area (Å²) >= 11 is 0. The van der Waals surface area contributed by atoms with Crippen LogP contribution in [0.4, 0.5) is 11.6 Å². The normalized spacial score (nSPS) is 20.9. The largest absolute Gasteiger partial charge is 0.368 e. The summed E-state index contributed by atoms with van der Waals surface area (Å²) in [5.74, 6) is 7.61. The Balaban J connectivity index is 2.17. The lowest BCUT2D eigenvalue weighted by molar-refractivity contribution is 0.591. The van der Waals surface area contributed by atoms with Gasteiger partial charge >= 0.3 is 0 Å². The average molecular weight is 299 g/mol. The first-order valence-electron chi connectivity index (χ1n) is 6.77. The summed E-state index contributed by atoms with van der Waals surface area (Å²) < 4.78 is 23.6. The van der Waals surface area contributed by atoms with Gasteiger partial charge in [-0.15, -0.1) is 0 Å². The van der Waals surface area contributed by atoms with Crippen LogP contribution in [0.3, 0.4) is 0 Å². The molecule has 1 fully saturated rings. The lowest BCUT2D eigenvalue weighted by atomic mass is 10.2. The van der Waals surface area contributed by atoms with E-state index in [9.17, 15) is 8.42 Å². The van der Waals surface area contributed by atoms with Crippen LogP contribution in [-0.4, -0.2) is 35.9 Å². The van der Waals surface area contributed by atoms with Gasteiger partial charge in [0, 0.05) is 18.5 Å². The van der Waals surface area contributed by atoms with Crippen LogP contribution in [0.2, 0.25) is 0 Å². The van der Waals surface area contributed by atoms with Crippen molar-refractivity contribution in [2.75, 3.05) is 23.0 Å². The molecule has 2 heterocycles. The average Bonchev–Trinajstić information content (AvgIpc) is 2.76. The third-order valence-corrected chi connectivity index (χ3v) is 5.88. The molecule has 0 amide bonds. The SMILES string of the molecule is CCc1nc(NN)c(C)c(NCC2CCCS2(=O)=O)n1. The van der Waals surface area contributed by atoms with Gasteiger partial charge in [0.05, 0.1) is 11.0 Å². The minimum Gasteiger partial charge on any atom is -0.368 e. The van der Waals surface area contributed by atoms with E-state index in [0.29, 0.717) is 36.8 Å². The molecular formula is C12H21N5O2S. The molecule has 1 saturated heterocycles. The molecule has 0 radical (unpaired) electrons. The first-order valence-corrected chi connectivity index (χ1v) is 8.49. The Labute approximate surface area is 119 Å². The van der Waals surface area contributed by atoms with E-state index in [4.69, 9.17) is 5.84 Å². The Morgan fingerprint density at radius 2 is 2.05 bits per heavy atom. The fraction of sp³-hybridized carbons (Fsp3) is 0.667. The second-order valence-electron chi connectivity index (χ2n) is 4.97. The highest BCUT2D eigenvalue weighted by molar-refractivity contribution is 7.92. The fourth-order valence-corrected chi connectivity index (χ4v) is 4.10. The number of nitrogens with one attached hydrogen (secondary N) is 2. The van der Waals surface area contributed by atoms with Crippen LogP contribution >= 0.6 is 0 Å². The number of nitrogens with two attached hydrogens (primary N) is 1. The van der Waals surface area contributed by atoms with E-state index in [1.165, 1.54) is 0 Å². The zero-order chi connectivity index (χ0) is 14.8. The van der Waals surface area contributed by atoms with E-state index in [1.807, 2.05) is 13.8 Å². The molecule has 0 spiro atoms. The van der Waals surface area contributed by atoms with Crippen molar-refractivity contribution in [2.45, 2.75) is 38.4 Å². The van der Waals surface area contributed by atoms with Gasteiger partial charge in [-0.1, -0.05) is 6.92 Å². The van der Waals surface area contributed by atoms with Gasteiger partial charge in [0.1, 0.15) is 17.5 Å². The number of nitrogen functional groups attached to an aromatic ring is 1. The van der Waals surface area contributed by atoms with Gasteiger partial charge in [-0.2, -0.15) is 0 Å². The number of anilines is 2. The second kappa shape index (κ2) is 5.92. The highest BCUT2D eigenvalue weighted by Crippen LogP contribution is 2.23. The first kappa shape index (κ1) is 15.0. The number of nitrogens with zero attached hydrogens (tertiary/aromatic N) is 2. The number of hydrazine groups is 1. The highest BCUT2D eigenvalue weighted by atomic mass is 32.2. The van der Waals surface area contributed by atoms with Gasteiger partial charge in [-0.25, -0.2) is 24.2 Å². The second-order valence-corrected chi connectivity index (χ2v) is 7.37. The summed E-state index contributed by atoms with van der Waals surface area (Å²) in [7, 11) is -2.95. The maximum absolute atomic E-state index is 11.8. The van der Waals surface area contributed by atoms with Crippen molar-refractivity contribution >= 4 is 21.5 Å². The highest BCUT2D eigenvalue weighted by Gasteiger charge is 2.31. The third kappa shape index (κ3) is 3.01. The summed E-state index contributed by atoms with van der Waals surface area (Å²) in [5.41, 5.74) is 3.34. The molecule has 4 N–H and O–H groups in total. The molecule has 20 heavy (non-hydrogen) atoms. The number of aromatic nitrogens is 2. The van der Waals surface area contributed by atoms with Crippen molar-refractivity contribution < 1.29 is 8.42 Å². The monoisotopic (exact) mass is 299 g/mol. The number of rotatable bonds is 5. The van der Waals surface area contributed by atoms with Crippen molar-refractivity contribution in [3.05, 3.63) is 11.4 Å². The lowest BCUT2D eigenvalue weighted by Gasteiger charge is -2.15. The Morgan fingerprint density at radius 1 is 1.35 bits per heavy atom. The Bertz CT molecular complexity index is 588. The van der Waals surface area contributed by atoms with E-state index in [1.54, 1.807) is 0 Å². The van der Waals surface area contributed by atoms with Crippen molar-refractivity contribution in [1.82, 2.24) is 9.97 Å². The van der Waals surface area contributed by atoms with Crippen LogP contribution in [-0.2, 0) is 16.3 Å². The zero-order valence-corrected chi connectivity index (χ0v) is 12.6. The summed E-state index contributed by atoms with van der Waals surface area (Å²) in [5, 5.41) is 2.81. The Hall–Kier alpha value is -1.41. The molecule has 0 aromatic carbocycles.